The summed E-state index contributed by atoms with van der Waals surface area (Å²) in [5.41, 5.74) is 12.3. The number of rotatable bonds is 5. The molecule has 3 heteroatoms. The van der Waals surface area contributed by atoms with Crippen LogP contribution in [0.2, 0.25) is 0 Å². The molecule has 1 fully saturated rings. The van der Waals surface area contributed by atoms with Crippen molar-refractivity contribution >= 4 is 0 Å². The normalized spacial score (nSPS) is 18.8. The Bertz CT molecular complexity index is 1530. The molecule has 0 bridgehead atoms. The molecule has 178 valence electrons. The summed E-state index contributed by atoms with van der Waals surface area (Å²) in [7, 11) is 0. The molecular formula is C33H31N3. The molecule has 0 aliphatic heterocycles. The predicted octanol–water partition coefficient (Wildman–Crippen LogP) is 8.18. The molecule has 2 aromatic heterocycles. The van der Waals surface area contributed by atoms with E-state index in [-0.39, 0.29) is 5.41 Å². The van der Waals surface area contributed by atoms with E-state index in [0.29, 0.717) is 5.92 Å². The van der Waals surface area contributed by atoms with Crippen molar-refractivity contribution in [1.29, 1.82) is 0 Å². The van der Waals surface area contributed by atoms with Crippen LogP contribution in [0.1, 0.15) is 37.0 Å². The number of aromatic nitrogens is 3. The number of hydrogen-bond acceptors (Lipinski definition) is 2. The molecule has 3 nitrogen and oxygen atoms in total. The topological polar surface area (TPSA) is 30.7 Å². The summed E-state index contributed by atoms with van der Waals surface area (Å²) in [6.07, 6.45) is 9.24. The van der Waals surface area contributed by atoms with Crippen LogP contribution in [0.25, 0.3) is 39.1 Å². The summed E-state index contributed by atoms with van der Waals surface area (Å²) in [6.45, 7) is 9.01. The van der Waals surface area contributed by atoms with Crippen LogP contribution in [-0.2, 0) is 5.41 Å². The van der Waals surface area contributed by atoms with Gasteiger partial charge in [0.2, 0.25) is 0 Å². The molecule has 2 atom stereocenters. The predicted molar refractivity (Wildman–Crippen MR) is 148 cm³/mol. The van der Waals surface area contributed by atoms with Crippen molar-refractivity contribution in [2.24, 2.45) is 5.92 Å². The lowest BCUT2D eigenvalue weighted by Crippen LogP contribution is -2.12. The van der Waals surface area contributed by atoms with E-state index in [9.17, 15) is 0 Å². The lowest BCUT2D eigenvalue weighted by molar-refractivity contribution is 0.689. The van der Waals surface area contributed by atoms with Crippen LogP contribution in [0.4, 0.5) is 0 Å². The minimum atomic E-state index is 0.123. The van der Waals surface area contributed by atoms with Gasteiger partial charge in [0.15, 0.2) is 0 Å². The molecule has 1 aliphatic carbocycles. The van der Waals surface area contributed by atoms with E-state index in [1.807, 2.05) is 18.6 Å². The van der Waals surface area contributed by atoms with Crippen LogP contribution in [0.15, 0.2) is 97.6 Å². The van der Waals surface area contributed by atoms with Crippen molar-refractivity contribution in [3.8, 4) is 39.1 Å². The molecule has 0 amide bonds. The number of aryl methyl sites for hydroxylation is 2. The Labute approximate surface area is 213 Å². The van der Waals surface area contributed by atoms with Gasteiger partial charge in [-0.05, 0) is 82.7 Å². The number of nitrogens with zero attached hydrogens (tertiary/aromatic N) is 3. The second kappa shape index (κ2) is 8.60. The maximum absolute atomic E-state index is 4.96. The van der Waals surface area contributed by atoms with Crippen LogP contribution in [0.5, 0.6) is 0 Å². The van der Waals surface area contributed by atoms with Crippen LogP contribution in [0.3, 0.4) is 0 Å². The monoisotopic (exact) mass is 469 g/mol. The fraction of sp³-hybridized carbons (Fsp3) is 0.212. The molecule has 6 rings (SSSR count). The van der Waals surface area contributed by atoms with Crippen molar-refractivity contribution in [1.82, 2.24) is 14.8 Å². The highest BCUT2D eigenvalue weighted by molar-refractivity contribution is 5.83. The van der Waals surface area contributed by atoms with Crippen LogP contribution in [0, 0.1) is 19.8 Å². The molecule has 0 saturated heterocycles. The summed E-state index contributed by atoms with van der Waals surface area (Å²) < 4.78 is 2.11. The highest BCUT2D eigenvalue weighted by atomic mass is 15.3. The number of benzene rings is 3. The van der Waals surface area contributed by atoms with Gasteiger partial charge in [-0.15, -0.1) is 0 Å². The first-order valence-corrected chi connectivity index (χ1v) is 12.7. The van der Waals surface area contributed by atoms with Gasteiger partial charge in [0.05, 0.1) is 11.9 Å². The smallest absolute Gasteiger partial charge is 0.0762 e. The zero-order valence-electron chi connectivity index (χ0n) is 21.4. The quantitative estimate of drug-likeness (QED) is 0.260. The van der Waals surface area contributed by atoms with Crippen molar-refractivity contribution in [3.05, 3.63) is 114 Å². The maximum Gasteiger partial charge on any atom is 0.0762 e. The van der Waals surface area contributed by atoms with E-state index in [0.717, 1.165) is 5.56 Å². The average molecular weight is 470 g/mol. The minimum absolute atomic E-state index is 0.123. The van der Waals surface area contributed by atoms with E-state index in [1.165, 1.54) is 56.6 Å². The van der Waals surface area contributed by atoms with Gasteiger partial charge in [-0.1, -0.05) is 74.5 Å². The molecular weight excluding hydrogens is 438 g/mol. The molecule has 1 aliphatic rings. The maximum atomic E-state index is 4.96. The molecule has 1 unspecified atom stereocenters. The fourth-order valence-corrected chi connectivity index (χ4v) is 5.63. The highest BCUT2D eigenvalue weighted by Gasteiger charge is 2.50. The van der Waals surface area contributed by atoms with Gasteiger partial charge >= 0.3 is 0 Å². The molecule has 0 radical (unpaired) electrons. The number of hydrogen-bond donors (Lipinski definition) is 0. The lowest BCUT2D eigenvalue weighted by atomic mass is 9.86. The first-order chi connectivity index (χ1) is 17.5. The zero-order valence-corrected chi connectivity index (χ0v) is 21.4. The molecule has 1 saturated carbocycles. The molecule has 5 aromatic rings. The minimum Gasteiger partial charge on any atom is -0.264 e. The van der Waals surface area contributed by atoms with Crippen molar-refractivity contribution < 1.29 is 0 Å². The highest BCUT2D eigenvalue weighted by Crippen LogP contribution is 2.57. The summed E-state index contributed by atoms with van der Waals surface area (Å²) in [5.74, 6) is 0.630. The third kappa shape index (κ3) is 3.76. The van der Waals surface area contributed by atoms with Gasteiger partial charge in [0.1, 0.15) is 0 Å². The standard InChI is InChI=1S/C33H31N3/c1-22-18-34-19-23(2)31(22)28-20-35-36(21-28)32-29(26-13-9-6-10-14-26)15-27(25-11-7-5-8-12-25)16-30(32)33(4)17-24(33)3/h5-16,18-21,24H,17H2,1-4H3/t24-,33?/m0/s1. The molecule has 2 heterocycles. The van der Waals surface area contributed by atoms with Gasteiger partial charge in [-0.25, -0.2) is 4.68 Å². The first kappa shape index (κ1) is 22.5. The van der Waals surface area contributed by atoms with E-state index in [2.05, 4.69) is 116 Å². The summed E-state index contributed by atoms with van der Waals surface area (Å²) in [4.78, 5) is 4.36. The third-order valence-corrected chi connectivity index (χ3v) is 8.00. The molecule has 3 aromatic carbocycles. The summed E-state index contributed by atoms with van der Waals surface area (Å²) in [6, 6.07) is 26.2. The van der Waals surface area contributed by atoms with Gasteiger partial charge in [0.25, 0.3) is 0 Å². The van der Waals surface area contributed by atoms with Crippen molar-refractivity contribution in [3.63, 3.8) is 0 Å². The van der Waals surface area contributed by atoms with Gasteiger partial charge < -0.3 is 0 Å². The average Bonchev–Trinajstić information content (AvgIpc) is 3.27. The van der Waals surface area contributed by atoms with Crippen molar-refractivity contribution in [2.75, 3.05) is 0 Å². The number of pyridine rings is 1. The van der Waals surface area contributed by atoms with Crippen LogP contribution < -0.4 is 0 Å². The SMILES string of the molecule is Cc1cncc(C)c1-c1cnn(-c2c(-c3ccccc3)cc(-c3ccccc3)cc2C2(C)C[C@@H]2C)c1. The second-order valence-corrected chi connectivity index (χ2v) is 10.5. The Balaban J connectivity index is 1.63. The van der Waals surface area contributed by atoms with Gasteiger partial charge in [0, 0.05) is 29.7 Å². The second-order valence-electron chi connectivity index (χ2n) is 10.5. The van der Waals surface area contributed by atoms with Gasteiger partial charge in [-0.2, -0.15) is 5.10 Å². The lowest BCUT2D eigenvalue weighted by Gasteiger charge is -2.22. The van der Waals surface area contributed by atoms with E-state index in [1.54, 1.807) is 0 Å². The fourth-order valence-electron chi connectivity index (χ4n) is 5.63. The Kier molecular flexibility index (Phi) is 5.37. The largest absolute Gasteiger partial charge is 0.264 e. The molecule has 36 heavy (non-hydrogen) atoms. The Morgan fingerprint density at radius 2 is 1.39 bits per heavy atom. The first-order valence-electron chi connectivity index (χ1n) is 12.7. The van der Waals surface area contributed by atoms with Gasteiger partial charge in [-0.3, -0.25) is 4.98 Å². The Morgan fingerprint density at radius 1 is 0.778 bits per heavy atom. The van der Waals surface area contributed by atoms with Crippen LogP contribution in [-0.4, -0.2) is 14.8 Å². The van der Waals surface area contributed by atoms with Crippen LogP contribution >= 0.6 is 0 Å². The Hall–Kier alpha value is -3.98. The van der Waals surface area contributed by atoms with E-state index in [4.69, 9.17) is 5.10 Å². The third-order valence-electron chi connectivity index (χ3n) is 8.00. The molecule has 0 N–H and O–H groups in total. The summed E-state index contributed by atoms with van der Waals surface area (Å²) in [5, 5.41) is 4.96. The molecule has 0 spiro atoms. The zero-order chi connectivity index (χ0) is 24.9. The Morgan fingerprint density at radius 3 is 2.00 bits per heavy atom. The van der Waals surface area contributed by atoms with E-state index >= 15 is 0 Å². The summed E-state index contributed by atoms with van der Waals surface area (Å²) >= 11 is 0. The van der Waals surface area contributed by atoms with E-state index < -0.39 is 0 Å². The van der Waals surface area contributed by atoms with Crippen molar-refractivity contribution in [2.45, 2.75) is 39.5 Å².